The van der Waals surface area contributed by atoms with Crippen molar-refractivity contribution >= 4 is 34.3 Å². The van der Waals surface area contributed by atoms with Crippen molar-refractivity contribution in [3.8, 4) is 0 Å². The maximum atomic E-state index is 2.33. The third kappa shape index (κ3) is 2.80. The van der Waals surface area contributed by atoms with Gasteiger partial charge in [-0.05, 0) is 46.7 Å². The molecule has 3 rings (SSSR count). The molecular formula is C17H20S2. The second-order valence-electron chi connectivity index (χ2n) is 5.05. The molecular weight excluding hydrogens is 268 g/mol. The normalized spacial score (nSPS) is 18.5. The van der Waals surface area contributed by atoms with E-state index in [0.29, 0.717) is 5.25 Å². The number of unbranched alkanes of at least 4 members (excludes halogenated alkanes) is 1. The molecule has 2 heteroatoms. The molecule has 1 aliphatic heterocycles. The van der Waals surface area contributed by atoms with Crippen LogP contribution in [0.1, 0.15) is 37.0 Å². The zero-order chi connectivity index (χ0) is 13.1. The number of thioether (sulfide) groups is 2. The summed E-state index contributed by atoms with van der Waals surface area (Å²) in [5.41, 5.74) is 1.61. The Hall–Kier alpha value is -0.600. The average Bonchev–Trinajstić information content (AvgIpc) is 2.47. The van der Waals surface area contributed by atoms with Crippen molar-refractivity contribution in [1.29, 1.82) is 0 Å². The first kappa shape index (κ1) is 13.4. The molecule has 0 aliphatic carbocycles. The van der Waals surface area contributed by atoms with Crippen LogP contribution in [-0.2, 0) is 0 Å². The summed E-state index contributed by atoms with van der Waals surface area (Å²) < 4.78 is 0. The van der Waals surface area contributed by atoms with Crippen LogP contribution in [0.25, 0.3) is 10.8 Å². The third-order valence-corrected chi connectivity index (χ3v) is 6.21. The third-order valence-electron chi connectivity index (χ3n) is 3.71. The predicted octanol–water partition coefficient (Wildman–Crippen LogP) is 5.91. The van der Waals surface area contributed by atoms with E-state index in [1.165, 1.54) is 46.4 Å². The Balaban J connectivity index is 1.98. The van der Waals surface area contributed by atoms with Crippen molar-refractivity contribution in [1.82, 2.24) is 0 Å². The van der Waals surface area contributed by atoms with Crippen molar-refractivity contribution in [2.45, 2.75) is 36.3 Å². The highest BCUT2D eigenvalue weighted by atomic mass is 32.2. The van der Waals surface area contributed by atoms with Gasteiger partial charge in [-0.15, -0.1) is 11.8 Å². The first-order valence-corrected chi connectivity index (χ1v) is 9.19. The zero-order valence-electron chi connectivity index (χ0n) is 11.4. The molecule has 0 fully saturated rings. The van der Waals surface area contributed by atoms with Gasteiger partial charge in [-0.3, -0.25) is 0 Å². The van der Waals surface area contributed by atoms with Crippen molar-refractivity contribution in [3.63, 3.8) is 0 Å². The highest BCUT2D eigenvalue weighted by molar-refractivity contribution is 8.01. The Morgan fingerprint density at radius 2 is 2.11 bits per heavy atom. The summed E-state index contributed by atoms with van der Waals surface area (Å²) in [4.78, 5) is 1.51. The lowest BCUT2D eigenvalue weighted by Gasteiger charge is -2.26. The van der Waals surface area contributed by atoms with Crippen molar-refractivity contribution in [2.75, 3.05) is 11.5 Å². The first-order chi connectivity index (χ1) is 9.40. The summed E-state index contributed by atoms with van der Waals surface area (Å²) in [6.07, 6.45) is 3.96. The Morgan fingerprint density at radius 1 is 1.21 bits per heavy atom. The smallest absolute Gasteiger partial charge is 0.0322 e. The first-order valence-electron chi connectivity index (χ1n) is 7.16. The fourth-order valence-electron chi connectivity index (χ4n) is 2.69. The Labute approximate surface area is 124 Å². The lowest BCUT2D eigenvalue weighted by molar-refractivity contribution is 0.856. The minimum Gasteiger partial charge on any atom is -0.154 e. The summed E-state index contributed by atoms with van der Waals surface area (Å²) in [5.74, 6) is 2.57. The number of fused-ring (bicyclic) bond motifs is 3. The summed E-state index contributed by atoms with van der Waals surface area (Å²) in [5, 5.41) is 3.57. The van der Waals surface area contributed by atoms with E-state index >= 15 is 0 Å². The van der Waals surface area contributed by atoms with Crippen molar-refractivity contribution in [3.05, 3.63) is 42.0 Å². The van der Waals surface area contributed by atoms with E-state index in [4.69, 9.17) is 0 Å². The summed E-state index contributed by atoms with van der Waals surface area (Å²) in [7, 11) is 0. The molecule has 100 valence electrons. The zero-order valence-corrected chi connectivity index (χ0v) is 13.0. The van der Waals surface area contributed by atoms with Crippen LogP contribution in [0.3, 0.4) is 0 Å². The van der Waals surface area contributed by atoms with Crippen LogP contribution in [0.5, 0.6) is 0 Å². The minimum absolute atomic E-state index is 0.703. The van der Waals surface area contributed by atoms with Crippen LogP contribution < -0.4 is 0 Å². The van der Waals surface area contributed by atoms with Crippen LogP contribution in [0, 0.1) is 0 Å². The number of hydrogen-bond donors (Lipinski definition) is 0. The molecule has 1 atom stereocenters. The summed E-state index contributed by atoms with van der Waals surface area (Å²) >= 11 is 4.20. The molecule has 0 saturated carbocycles. The number of rotatable bonds is 4. The second kappa shape index (κ2) is 6.23. The highest BCUT2D eigenvalue weighted by Crippen LogP contribution is 2.46. The lowest BCUT2D eigenvalue weighted by atomic mass is 10.0. The van der Waals surface area contributed by atoms with Gasteiger partial charge in [0.2, 0.25) is 0 Å². The maximum absolute atomic E-state index is 2.33. The van der Waals surface area contributed by atoms with Gasteiger partial charge < -0.3 is 0 Å². The van der Waals surface area contributed by atoms with Crippen molar-refractivity contribution in [2.24, 2.45) is 0 Å². The highest BCUT2D eigenvalue weighted by Gasteiger charge is 2.22. The molecule has 0 amide bonds. The largest absolute Gasteiger partial charge is 0.154 e. The second-order valence-corrected chi connectivity index (χ2v) is 7.50. The Bertz CT molecular complexity index is 562. The van der Waals surface area contributed by atoms with Gasteiger partial charge in [-0.1, -0.05) is 43.7 Å². The Kier molecular flexibility index (Phi) is 4.39. The number of benzene rings is 2. The van der Waals surface area contributed by atoms with Crippen LogP contribution >= 0.6 is 23.5 Å². The van der Waals surface area contributed by atoms with Gasteiger partial charge in [0.05, 0.1) is 0 Å². The topological polar surface area (TPSA) is 0 Å². The molecule has 0 aromatic heterocycles. The molecule has 0 saturated heterocycles. The molecule has 2 aromatic carbocycles. The molecule has 1 unspecified atom stereocenters. The van der Waals surface area contributed by atoms with Gasteiger partial charge in [-0.2, -0.15) is 11.8 Å². The molecule has 0 radical (unpaired) electrons. The molecule has 2 aromatic rings. The average molecular weight is 288 g/mol. The molecule has 1 heterocycles. The standard InChI is InChI=1S/C17H20S2/c1-2-3-11-18-16-10-12-19-15-9-8-13-6-4-5-7-14(13)17(15)16/h4-9,16H,2-3,10-12H2,1H3. The molecule has 0 N–H and O–H groups in total. The van der Waals surface area contributed by atoms with Crippen LogP contribution in [0.15, 0.2) is 41.3 Å². The molecule has 1 aliphatic rings. The van der Waals surface area contributed by atoms with Crippen LogP contribution in [-0.4, -0.2) is 11.5 Å². The van der Waals surface area contributed by atoms with Gasteiger partial charge in [0.15, 0.2) is 0 Å². The molecule has 0 bridgehead atoms. The summed E-state index contributed by atoms with van der Waals surface area (Å²) in [6.45, 7) is 2.28. The van der Waals surface area contributed by atoms with Gasteiger partial charge in [-0.25, -0.2) is 0 Å². The predicted molar refractivity (Wildman–Crippen MR) is 89.4 cm³/mol. The fourth-order valence-corrected chi connectivity index (χ4v) is 5.50. The minimum atomic E-state index is 0.703. The van der Waals surface area contributed by atoms with E-state index in [1.807, 2.05) is 11.8 Å². The van der Waals surface area contributed by atoms with Gasteiger partial charge in [0.1, 0.15) is 0 Å². The van der Waals surface area contributed by atoms with Crippen molar-refractivity contribution < 1.29 is 0 Å². The van der Waals surface area contributed by atoms with E-state index in [1.54, 1.807) is 5.56 Å². The molecule has 0 nitrogen and oxygen atoms in total. The van der Waals surface area contributed by atoms with Gasteiger partial charge in [0, 0.05) is 10.1 Å². The quantitative estimate of drug-likeness (QED) is 0.641. The SMILES string of the molecule is CCCCSC1CCSc2ccc3ccccc3c21. The maximum Gasteiger partial charge on any atom is 0.0322 e. The van der Waals surface area contributed by atoms with Crippen LogP contribution in [0.2, 0.25) is 0 Å². The van der Waals surface area contributed by atoms with E-state index in [9.17, 15) is 0 Å². The fraction of sp³-hybridized carbons (Fsp3) is 0.412. The van der Waals surface area contributed by atoms with E-state index in [2.05, 4.69) is 55.1 Å². The van der Waals surface area contributed by atoms with Crippen LogP contribution in [0.4, 0.5) is 0 Å². The van der Waals surface area contributed by atoms with E-state index in [-0.39, 0.29) is 0 Å². The van der Waals surface area contributed by atoms with Gasteiger partial charge in [0.25, 0.3) is 0 Å². The number of hydrogen-bond acceptors (Lipinski definition) is 2. The summed E-state index contributed by atoms with van der Waals surface area (Å²) in [6, 6.07) is 13.5. The van der Waals surface area contributed by atoms with E-state index in [0.717, 1.165) is 0 Å². The van der Waals surface area contributed by atoms with E-state index < -0.39 is 0 Å². The molecule has 19 heavy (non-hydrogen) atoms. The monoisotopic (exact) mass is 288 g/mol. The van der Waals surface area contributed by atoms with Gasteiger partial charge >= 0.3 is 0 Å². The lowest BCUT2D eigenvalue weighted by Crippen LogP contribution is -2.06. The molecule has 0 spiro atoms. The Morgan fingerprint density at radius 3 is 3.00 bits per heavy atom.